The molecule has 5 nitrogen and oxygen atoms in total. The molecule has 0 unspecified atom stereocenters. The summed E-state index contributed by atoms with van der Waals surface area (Å²) in [7, 11) is 0. The summed E-state index contributed by atoms with van der Waals surface area (Å²) in [5, 5.41) is 0. The molecule has 0 aromatic heterocycles. The Morgan fingerprint density at radius 2 is 1.84 bits per heavy atom. The van der Waals surface area contributed by atoms with Crippen molar-refractivity contribution in [2.24, 2.45) is 4.99 Å². The fourth-order valence-electron chi connectivity index (χ4n) is 3.60. The molecule has 2 aliphatic heterocycles. The van der Waals surface area contributed by atoms with Crippen molar-refractivity contribution in [2.75, 3.05) is 0 Å². The maximum absolute atomic E-state index is 12.9. The molecule has 134 valence electrons. The Labute approximate surface area is 149 Å². The Morgan fingerprint density at radius 3 is 2.52 bits per heavy atom. The van der Waals surface area contributed by atoms with Crippen molar-refractivity contribution >= 4 is 18.1 Å². The van der Waals surface area contributed by atoms with Gasteiger partial charge in [-0.3, -0.25) is 9.79 Å². The molecule has 25 heavy (non-hydrogen) atoms. The fraction of sp³-hybridized carbons (Fsp3) is 0.550. The van der Waals surface area contributed by atoms with Crippen molar-refractivity contribution in [2.45, 2.75) is 70.2 Å². The molecular weight excluding hydrogens is 316 g/mol. The largest absolute Gasteiger partial charge is 0.458 e. The number of rotatable bonds is 3. The van der Waals surface area contributed by atoms with E-state index in [2.05, 4.69) is 4.99 Å². The predicted octanol–water partition coefficient (Wildman–Crippen LogP) is 2.97. The van der Waals surface area contributed by atoms with Crippen LogP contribution in [-0.4, -0.2) is 46.7 Å². The van der Waals surface area contributed by atoms with Gasteiger partial charge >= 0.3 is 5.97 Å². The predicted molar refractivity (Wildman–Crippen MR) is 96.6 cm³/mol. The molecule has 2 fully saturated rings. The summed E-state index contributed by atoms with van der Waals surface area (Å²) < 4.78 is 5.51. The standard InChI is InChI=1S/C20H26N2O3/c1-20(2,3)25-19(24)17-12-10-15-9-11-16(18(23)22(15)17)21-13-14-7-5-4-6-8-14/h4-8,13,15-17H,9-12H2,1-3H3/t15-,16-,17+/m1/s1. The summed E-state index contributed by atoms with van der Waals surface area (Å²) in [5.41, 5.74) is 0.432. The van der Waals surface area contributed by atoms with Gasteiger partial charge in [0, 0.05) is 12.3 Å². The molecule has 0 saturated carbocycles. The molecule has 5 heteroatoms. The zero-order valence-corrected chi connectivity index (χ0v) is 15.1. The molecule has 0 spiro atoms. The van der Waals surface area contributed by atoms with Crippen molar-refractivity contribution in [3.8, 4) is 0 Å². The lowest BCUT2D eigenvalue weighted by molar-refractivity contribution is -0.165. The van der Waals surface area contributed by atoms with Crippen LogP contribution < -0.4 is 0 Å². The lowest BCUT2D eigenvalue weighted by atomic mass is 9.98. The summed E-state index contributed by atoms with van der Waals surface area (Å²) in [6.45, 7) is 5.55. The second-order valence-electron chi connectivity index (χ2n) is 7.81. The maximum Gasteiger partial charge on any atom is 0.329 e. The average Bonchev–Trinajstić information content (AvgIpc) is 2.99. The van der Waals surface area contributed by atoms with Crippen LogP contribution >= 0.6 is 0 Å². The smallest absolute Gasteiger partial charge is 0.329 e. The van der Waals surface area contributed by atoms with Crippen molar-refractivity contribution in [3.63, 3.8) is 0 Å². The van der Waals surface area contributed by atoms with Gasteiger partial charge in [0.1, 0.15) is 17.7 Å². The van der Waals surface area contributed by atoms with Gasteiger partial charge < -0.3 is 9.64 Å². The van der Waals surface area contributed by atoms with Crippen molar-refractivity contribution in [3.05, 3.63) is 35.9 Å². The van der Waals surface area contributed by atoms with E-state index >= 15 is 0 Å². The van der Waals surface area contributed by atoms with Crippen LogP contribution in [0.5, 0.6) is 0 Å². The van der Waals surface area contributed by atoms with Crippen LogP contribution in [0.1, 0.15) is 52.0 Å². The zero-order chi connectivity index (χ0) is 18.0. The van der Waals surface area contributed by atoms with Gasteiger partial charge in [0.15, 0.2) is 0 Å². The summed E-state index contributed by atoms with van der Waals surface area (Å²) >= 11 is 0. The number of ether oxygens (including phenoxy) is 1. The Hall–Kier alpha value is -2.17. The Balaban J connectivity index is 1.72. The minimum Gasteiger partial charge on any atom is -0.458 e. The SMILES string of the molecule is CC(C)(C)OC(=O)[C@@H]1CC[C@H]2CC[C@@H](N=Cc3ccccc3)C(=O)N21. The molecule has 3 rings (SSSR count). The Bertz CT molecular complexity index is 663. The zero-order valence-electron chi connectivity index (χ0n) is 15.1. The van der Waals surface area contributed by atoms with E-state index in [-0.39, 0.29) is 17.9 Å². The maximum atomic E-state index is 12.9. The number of hydrogen-bond donors (Lipinski definition) is 0. The lowest BCUT2D eigenvalue weighted by Crippen LogP contribution is -2.53. The van der Waals surface area contributed by atoms with E-state index in [4.69, 9.17) is 4.74 Å². The van der Waals surface area contributed by atoms with E-state index in [9.17, 15) is 9.59 Å². The van der Waals surface area contributed by atoms with Gasteiger partial charge in [0.05, 0.1) is 0 Å². The number of carbonyl (C=O) groups is 2. The molecule has 0 aliphatic carbocycles. The normalized spacial score (nSPS) is 26.8. The minimum absolute atomic E-state index is 0.0446. The molecule has 2 heterocycles. The molecule has 1 aromatic carbocycles. The Morgan fingerprint density at radius 1 is 1.16 bits per heavy atom. The highest BCUT2D eigenvalue weighted by Crippen LogP contribution is 2.34. The van der Waals surface area contributed by atoms with Gasteiger partial charge in [-0.1, -0.05) is 30.3 Å². The van der Waals surface area contributed by atoms with Gasteiger partial charge in [0.2, 0.25) is 5.91 Å². The van der Waals surface area contributed by atoms with Crippen LogP contribution in [0.3, 0.4) is 0 Å². The number of piperidine rings is 1. The third-order valence-corrected chi connectivity index (χ3v) is 4.70. The highest BCUT2D eigenvalue weighted by Gasteiger charge is 2.47. The number of benzene rings is 1. The van der Waals surface area contributed by atoms with E-state index in [0.717, 1.165) is 24.8 Å². The second kappa shape index (κ2) is 6.98. The van der Waals surface area contributed by atoms with Crippen LogP contribution in [0.15, 0.2) is 35.3 Å². The second-order valence-corrected chi connectivity index (χ2v) is 7.81. The average molecular weight is 342 g/mol. The molecule has 3 atom stereocenters. The van der Waals surface area contributed by atoms with Crippen LogP contribution in [0, 0.1) is 0 Å². The number of nitrogens with zero attached hydrogens (tertiary/aromatic N) is 2. The summed E-state index contributed by atoms with van der Waals surface area (Å²) in [6, 6.07) is 9.03. The topological polar surface area (TPSA) is 59.0 Å². The van der Waals surface area contributed by atoms with Crippen LogP contribution in [-0.2, 0) is 14.3 Å². The van der Waals surface area contributed by atoms with Gasteiger partial charge in [-0.05, 0) is 52.0 Å². The minimum atomic E-state index is -0.543. The first-order valence-corrected chi connectivity index (χ1v) is 8.98. The van der Waals surface area contributed by atoms with Gasteiger partial charge in [-0.15, -0.1) is 0 Å². The van der Waals surface area contributed by atoms with Gasteiger partial charge in [0.25, 0.3) is 0 Å². The number of esters is 1. The van der Waals surface area contributed by atoms with E-state index in [1.54, 1.807) is 11.1 Å². The van der Waals surface area contributed by atoms with Crippen molar-refractivity contribution < 1.29 is 14.3 Å². The lowest BCUT2D eigenvalue weighted by Gasteiger charge is -2.36. The highest BCUT2D eigenvalue weighted by atomic mass is 16.6. The van der Waals surface area contributed by atoms with E-state index < -0.39 is 17.7 Å². The van der Waals surface area contributed by atoms with Crippen LogP contribution in [0.25, 0.3) is 0 Å². The number of carbonyl (C=O) groups excluding carboxylic acids is 2. The molecule has 2 aliphatic rings. The monoisotopic (exact) mass is 342 g/mol. The van der Waals surface area contributed by atoms with Gasteiger partial charge in [-0.2, -0.15) is 0 Å². The molecule has 1 amide bonds. The molecular formula is C20H26N2O3. The quantitative estimate of drug-likeness (QED) is 0.627. The summed E-state index contributed by atoms with van der Waals surface area (Å²) in [4.78, 5) is 31.6. The number of hydrogen-bond acceptors (Lipinski definition) is 4. The molecule has 2 saturated heterocycles. The summed E-state index contributed by atoms with van der Waals surface area (Å²) in [5.74, 6) is -0.340. The Kier molecular flexibility index (Phi) is 4.93. The first-order valence-electron chi connectivity index (χ1n) is 8.98. The highest BCUT2D eigenvalue weighted by molar-refractivity contribution is 5.91. The fourth-order valence-corrected chi connectivity index (χ4v) is 3.60. The van der Waals surface area contributed by atoms with Crippen molar-refractivity contribution in [1.82, 2.24) is 4.90 Å². The van der Waals surface area contributed by atoms with Crippen LogP contribution in [0.4, 0.5) is 0 Å². The van der Waals surface area contributed by atoms with Gasteiger partial charge in [-0.25, -0.2) is 4.79 Å². The molecule has 0 bridgehead atoms. The number of amides is 1. The third kappa shape index (κ3) is 4.09. The van der Waals surface area contributed by atoms with Crippen molar-refractivity contribution in [1.29, 1.82) is 0 Å². The van der Waals surface area contributed by atoms with E-state index in [1.807, 2.05) is 51.1 Å². The first-order chi connectivity index (χ1) is 11.8. The third-order valence-electron chi connectivity index (χ3n) is 4.70. The molecule has 0 N–H and O–H groups in total. The van der Waals surface area contributed by atoms with Crippen LogP contribution in [0.2, 0.25) is 0 Å². The van der Waals surface area contributed by atoms with E-state index in [1.165, 1.54) is 0 Å². The number of aliphatic imine (C=N–C) groups is 1. The van der Waals surface area contributed by atoms with E-state index in [0.29, 0.717) is 6.42 Å². The molecule has 0 radical (unpaired) electrons. The molecule has 1 aromatic rings. The first kappa shape index (κ1) is 17.6. The summed E-state index contributed by atoms with van der Waals surface area (Å²) in [6.07, 6.45) is 4.93. The number of fused-ring (bicyclic) bond motifs is 1.